The Bertz CT molecular complexity index is 746. The van der Waals surface area contributed by atoms with Crippen LogP contribution in [0.25, 0.3) is 11.0 Å². The number of hydrogen-bond acceptors (Lipinski definition) is 2. The number of hydrogen-bond donors (Lipinski definition) is 0. The van der Waals surface area contributed by atoms with E-state index in [1.807, 2.05) is 36.7 Å². The van der Waals surface area contributed by atoms with Gasteiger partial charge in [0.1, 0.15) is 5.75 Å². The fraction of sp³-hybridized carbons (Fsp3) is 0.278. The topological polar surface area (TPSA) is 27.1 Å². The van der Waals surface area contributed by atoms with Gasteiger partial charge in [0.25, 0.3) is 0 Å². The Morgan fingerprint density at radius 2 is 1.90 bits per heavy atom. The van der Waals surface area contributed by atoms with Crippen molar-refractivity contribution in [1.29, 1.82) is 0 Å². The number of nitrogens with zero attached hydrogens (tertiary/aromatic N) is 2. The van der Waals surface area contributed by atoms with Crippen molar-refractivity contribution < 1.29 is 4.74 Å². The molecule has 0 unspecified atom stereocenters. The molecule has 0 atom stereocenters. The van der Waals surface area contributed by atoms with Crippen molar-refractivity contribution in [2.75, 3.05) is 6.61 Å². The zero-order valence-corrected chi connectivity index (χ0v) is 12.5. The molecule has 0 saturated heterocycles. The van der Waals surface area contributed by atoms with E-state index in [1.165, 1.54) is 16.6 Å². The largest absolute Gasteiger partial charge is 0.493 e. The summed E-state index contributed by atoms with van der Waals surface area (Å²) in [5.41, 5.74) is 4.73. The highest BCUT2D eigenvalue weighted by Crippen LogP contribution is 2.20. The van der Waals surface area contributed by atoms with Crippen LogP contribution in [0.2, 0.25) is 0 Å². The number of fused-ring (bicyclic) bond motifs is 1. The van der Waals surface area contributed by atoms with Crippen molar-refractivity contribution in [2.24, 2.45) is 0 Å². The normalized spacial score (nSPS) is 11.0. The van der Waals surface area contributed by atoms with E-state index < -0.39 is 0 Å². The number of para-hydroxylation sites is 2. The Morgan fingerprint density at radius 1 is 1.05 bits per heavy atom. The number of aryl methyl sites for hydroxylation is 2. The molecule has 108 valence electrons. The summed E-state index contributed by atoms with van der Waals surface area (Å²) in [6, 6.07) is 14.4. The molecule has 3 nitrogen and oxygen atoms in total. The molecule has 2 aromatic carbocycles. The number of rotatable bonds is 5. The highest BCUT2D eigenvalue weighted by molar-refractivity contribution is 5.74. The maximum atomic E-state index is 5.89. The first-order chi connectivity index (χ1) is 10.3. The van der Waals surface area contributed by atoms with Crippen LogP contribution >= 0.6 is 0 Å². The summed E-state index contributed by atoms with van der Waals surface area (Å²) in [4.78, 5) is 4.40. The lowest BCUT2D eigenvalue weighted by molar-refractivity contribution is 0.300. The third kappa shape index (κ3) is 2.92. The van der Waals surface area contributed by atoms with Crippen LogP contribution in [-0.4, -0.2) is 16.2 Å². The summed E-state index contributed by atoms with van der Waals surface area (Å²) in [5, 5.41) is 0. The van der Waals surface area contributed by atoms with Gasteiger partial charge in [-0.1, -0.05) is 24.3 Å². The van der Waals surface area contributed by atoms with E-state index in [1.54, 1.807) is 0 Å². The van der Waals surface area contributed by atoms with Crippen LogP contribution in [0, 0.1) is 13.8 Å². The van der Waals surface area contributed by atoms with Gasteiger partial charge < -0.3 is 9.30 Å². The lowest BCUT2D eigenvalue weighted by atomic mass is 10.1. The van der Waals surface area contributed by atoms with Crippen molar-refractivity contribution in [2.45, 2.75) is 26.8 Å². The van der Waals surface area contributed by atoms with Gasteiger partial charge in [0.2, 0.25) is 0 Å². The first kappa shape index (κ1) is 13.7. The maximum Gasteiger partial charge on any atom is 0.122 e. The standard InChI is InChI=1S/C18H20N2O/c1-14-7-5-10-18(15(14)2)21-12-6-11-20-13-19-16-8-3-4-9-17(16)20/h3-5,7-10,13H,6,11-12H2,1-2H3. The summed E-state index contributed by atoms with van der Waals surface area (Å²) in [6.07, 6.45) is 2.87. The maximum absolute atomic E-state index is 5.89. The molecule has 0 bridgehead atoms. The Kier molecular flexibility index (Phi) is 3.91. The number of imidazole rings is 1. The molecule has 21 heavy (non-hydrogen) atoms. The van der Waals surface area contributed by atoms with Gasteiger partial charge in [0.05, 0.1) is 24.0 Å². The van der Waals surface area contributed by atoms with E-state index in [2.05, 4.69) is 35.5 Å². The monoisotopic (exact) mass is 280 g/mol. The quantitative estimate of drug-likeness (QED) is 0.657. The second-order valence-electron chi connectivity index (χ2n) is 5.33. The molecule has 0 aliphatic heterocycles. The van der Waals surface area contributed by atoms with Crippen LogP contribution in [0.1, 0.15) is 17.5 Å². The van der Waals surface area contributed by atoms with Crippen molar-refractivity contribution in [3.63, 3.8) is 0 Å². The minimum Gasteiger partial charge on any atom is -0.493 e. The van der Waals surface area contributed by atoms with Gasteiger partial charge in [0.15, 0.2) is 0 Å². The zero-order chi connectivity index (χ0) is 14.7. The van der Waals surface area contributed by atoms with E-state index in [0.29, 0.717) is 0 Å². The van der Waals surface area contributed by atoms with Crippen LogP contribution in [0.5, 0.6) is 5.75 Å². The third-order valence-corrected chi connectivity index (χ3v) is 3.88. The fourth-order valence-electron chi connectivity index (χ4n) is 2.49. The second kappa shape index (κ2) is 6.00. The van der Waals surface area contributed by atoms with Crippen LogP contribution in [-0.2, 0) is 6.54 Å². The third-order valence-electron chi connectivity index (χ3n) is 3.88. The van der Waals surface area contributed by atoms with Crippen LogP contribution in [0.15, 0.2) is 48.8 Å². The molecule has 0 aliphatic rings. The Morgan fingerprint density at radius 3 is 2.81 bits per heavy atom. The lowest BCUT2D eigenvalue weighted by Crippen LogP contribution is -2.04. The summed E-state index contributed by atoms with van der Waals surface area (Å²) >= 11 is 0. The van der Waals surface area contributed by atoms with Gasteiger partial charge in [-0.25, -0.2) is 4.98 Å². The summed E-state index contributed by atoms with van der Waals surface area (Å²) < 4.78 is 8.08. The van der Waals surface area contributed by atoms with Gasteiger partial charge in [-0.15, -0.1) is 0 Å². The molecule has 1 aromatic heterocycles. The number of benzene rings is 2. The van der Waals surface area contributed by atoms with Gasteiger partial charge in [0, 0.05) is 6.54 Å². The van der Waals surface area contributed by atoms with Crippen molar-refractivity contribution in [1.82, 2.24) is 9.55 Å². The second-order valence-corrected chi connectivity index (χ2v) is 5.33. The average molecular weight is 280 g/mol. The Balaban J connectivity index is 1.58. The molecule has 1 heterocycles. The molecular weight excluding hydrogens is 260 g/mol. The number of aromatic nitrogens is 2. The SMILES string of the molecule is Cc1cccc(OCCCn2cnc3ccccc32)c1C. The average Bonchev–Trinajstić information content (AvgIpc) is 2.91. The lowest BCUT2D eigenvalue weighted by Gasteiger charge is -2.11. The predicted molar refractivity (Wildman–Crippen MR) is 85.8 cm³/mol. The van der Waals surface area contributed by atoms with Gasteiger partial charge in [-0.2, -0.15) is 0 Å². The van der Waals surface area contributed by atoms with E-state index in [9.17, 15) is 0 Å². The van der Waals surface area contributed by atoms with E-state index >= 15 is 0 Å². The Hall–Kier alpha value is -2.29. The Labute approximate surface area is 125 Å². The molecule has 3 aromatic rings. The van der Waals surface area contributed by atoms with Crippen molar-refractivity contribution in [3.8, 4) is 5.75 Å². The summed E-state index contributed by atoms with van der Waals surface area (Å²) in [6.45, 7) is 5.86. The highest BCUT2D eigenvalue weighted by atomic mass is 16.5. The molecule has 3 rings (SSSR count). The van der Waals surface area contributed by atoms with Crippen molar-refractivity contribution in [3.05, 3.63) is 59.9 Å². The van der Waals surface area contributed by atoms with E-state index in [0.717, 1.165) is 30.8 Å². The van der Waals surface area contributed by atoms with E-state index in [-0.39, 0.29) is 0 Å². The smallest absolute Gasteiger partial charge is 0.122 e. The first-order valence-corrected chi connectivity index (χ1v) is 7.34. The summed E-state index contributed by atoms with van der Waals surface area (Å²) in [5.74, 6) is 0.991. The van der Waals surface area contributed by atoms with Crippen LogP contribution in [0.3, 0.4) is 0 Å². The van der Waals surface area contributed by atoms with Crippen LogP contribution < -0.4 is 4.74 Å². The summed E-state index contributed by atoms with van der Waals surface area (Å²) in [7, 11) is 0. The molecule has 0 N–H and O–H groups in total. The van der Waals surface area contributed by atoms with Gasteiger partial charge in [-0.3, -0.25) is 0 Å². The molecule has 0 fully saturated rings. The molecule has 0 spiro atoms. The minimum atomic E-state index is 0.719. The van der Waals surface area contributed by atoms with Gasteiger partial charge >= 0.3 is 0 Å². The van der Waals surface area contributed by atoms with Gasteiger partial charge in [-0.05, 0) is 49.6 Å². The van der Waals surface area contributed by atoms with Crippen LogP contribution in [0.4, 0.5) is 0 Å². The molecule has 0 aliphatic carbocycles. The molecule has 0 radical (unpaired) electrons. The number of ether oxygens (including phenoxy) is 1. The van der Waals surface area contributed by atoms with Crippen molar-refractivity contribution >= 4 is 11.0 Å². The highest BCUT2D eigenvalue weighted by Gasteiger charge is 2.03. The predicted octanol–water partition coefficient (Wildman–Crippen LogP) is 4.12. The molecule has 3 heteroatoms. The first-order valence-electron chi connectivity index (χ1n) is 7.34. The molecular formula is C18H20N2O. The van der Waals surface area contributed by atoms with E-state index in [4.69, 9.17) is 4.74 Å². The molecule has 0 amide bonds. The fourth-order valence-corrected chi connectivity index (χ4v) is 2.49. The zero-order valence-electron chi connectivity index (χ0n) is 12.5. The molecule has 0 saturated carbocycles. The minimum absolute atomic E-state index is 0.719.